The molecule has 0 aliphatic heterocycles. The van der Waals surface area contributed by atoms with Crippen LogP contribution < -0.4 is 10.9 Å². The van der Waals surface area contributed by atoms with Crippen molar-refractivity contribution in [2.45, 2.75) is 33.6 Å². The summed E-state index contributed by atoms with van der Waals surface area (Å²) in [4.78, 5) is 37.0. The zero-order valence-corrected chi connectivity index (χ0v) is 12.6. The molecule has 0 saturated heterocycles. The molecule has 6 nitrogen and oxygen atoms in total. The predicted molar refractivity (Wildman–Crippen MR) is 79.3 cm³/mol. The summed E-state index contributed by atoms with van der Waals surface area (Å²) in [5.74, 6) is -1.16. The van der Waals surface area contributed by atoms with E-state index in [0.717, 1.165) is 0 Å². The van der Waals surface area contributed by atoms with Crippen molar-refractivity contribution >= 4 is 11.9 Å². The third-order valence-corrected chi connectivity index (χ3v) is 3.12. The van der Waals surface area contributed by atoms with Gasteiger partial charge in [0.1, 0.15) is 5.56 Å². The summed E-state index contributed by atoms with van der Waals surface area (Å²) in [6, 6.07) is 3.12. The topological polar surface area (TPSA) is 99.3 Å². The van der Waals surface area contributed by atoms with Gasteiger partial charge in [-0.25, -0.2) is 0 Å². The van der Waals surface area contributed by atoms with Crippen LogP contribution in [0.2, 0.25) is 0 Å². The highest BCUT2D eigenvalue weighted by molar-refractivity contribution is 5.93. The normalized spacial score (nSPS) is 12.2. The fourth-order valence-electron chi connectivity index (χ4n) is 2.24. The number of rotatable bonds is 7. The molecule has 0 aliphatic rings. The van der Waals surface area contributed by atoms with E-state index in [4.69, 9.17) is 5.11 Å². The van der Waals surface area contributed by atoms with Gasteiger partial charge >= 0.3 is 5.97 Å². The molecule has 3 N–H and O–H groups in total. The second-order valence-electron chi connectivity index (χ2n) is 5.69. The van der Waals surface area contributed by atoms with E-state index >= 15 is 0 Å². The molecule has 1 heterocycles. The second kappa shape index (κ2) is 7.61. The van der Waals surface area contributed by atoms with Gasteiger partial charge in [-0.15, -0.1) is 0 Å². The molecule has 1 amide bonds. The van der Waals surface area contributed by atoms with E-state index in [1.54, 1.807) is 13.0 Å². The summed E-state index contributed by atoms with van der Waals surface area (Å²) < 4.78 is 0. The number of aryl methyl sites for hydroxylation is 1. The summed E-state index contributed by atoms with van der Waals surface area (Å²) in [6.45, 7) is 5.98. The average molecular weight is 294 g/mol. The first-order valence-electron chi connectivity index (χ1n) is 6.99. The molecule has 1 aromatic heterocycles. The summed E-state index contributed by atoms with van der Waals surface area (Å²) in [7, 11) is 0. The van der Waals surface area contributed by atoms with Crippen LogP contribution in [0.4, 0.5) is 0 Å². The zero-order valence-electron chi connectivity index (χ0n) is 12.6. The van der Waals surface area contributed by atoms with Crippen molar-refractivity contribution in [2.75, 3.05) is 6.54 Å². The minimum absolute atomic E-state index is 0.00269. The van der Waals surface area contributed by atoms with Gasteiger partial charge in [-0.2, -0.15) is 0 Å². The Kier molecular flexibility index (Phi) is 6.14. The number of carbonyl (C=O) groups excluding carboxylic acids is 1. The number of amides is 1. The molecule has 0 saturated carbocycles. The van der Waals surface area contributed by atoms with Gasteiger partial charge in [0.05, 0.1) is 0 Å². The predicted octanol–water partition coefficient (Wildman–Crippen LogP) is 1.55. The Morgan fingerprint density at radius 2 is 2.00 bits per heavy atom. The number of aromatic nitrogens is 1. The van der Waals surface area contributed by atoms with Crippen molar-refractivity contribution in [2.24, 2.45) is 11.8 Å². The maximum atomic E-state index is 12.0. The molecular weight excluding hydrogens is 272 g/mol. The van der Waals surface area contributed by atoms with Gasteiger partial charge in [-0.3, -0.25) is 14.4 Å². The van der Waals surface area contributed by atoms with Gasteiger partial charge in [-0.05, 0) is 37.3 Å². The van der Waals surface area contributed by atoms with Crippen molar-refractivity contribution < 1.29 is 14.7 Å². The lowest BCUT2D eigenvalue weighted by Gasteiger charge is -2.17. The number of aliphatic carboxylic acids is 1. The lowest BCUT2D eigenvalue weighted by Crippen LogP contribution is -2.34. The van der Waals surface area contributed by atoms with E-state index < -0.39 is 17.4 Å². The Labute approximate surface area is 123 Å². The molecule has 0 radical (unpaired) electrons. The van der Waals surface area contributed by atoms with Gasteiger partial charge in [0, 0.05) is 18.7 Å². The third kappa shape index (κ3) is 5.81. The van der Waals surface area contributed by atoms with E-state index in [1.807, 2.05) is 13.8 Å². The van der Waals surface area contributed by atoms with Crippen LogP contribution in [0, 0.1) is 18.8 Å². The quantitative estimate of drug-likeness (QED) is 0.710. The maximum Gasteiger partial charge on any atom is 0.303 e. The van der Waals surface area contributed by atoms with E-state index in [0.29, 0.717) is 18.0 Å². The molecule has 1 atom stereocenters. The first-order valence-corrected chi connectivity index (χ1v) is 6.99. The summed E-state index contributed by atoms with van der Waals surface area (Å²) in [6.07, 6.45) is 0.708. The minimum Gasteiger partial charge on any atom is -0.481 e. The van der Waals surface area contributed by atoms with Gasteiger partial charge in [0.15, 0.2) is 0 Å². The molecule has 116 valence electrons. The van der Waals surface area contributed by atoms with Crippen LogP contribution in [-0.4, -0.2) is 28.5 Å². The molecule has 0 aliphatic carbocycles. The lowest BCUT2D eigenvalue weighted by atomic mass is 9.94. The van der Waals surface area contributed by atoms with Crippen LogP contribution >= 0.6 is 0 Å². The van der Waals surface area contributed by atoms with Gasteiger partial charge in [-0.1, -0.05) is 13.8 Å². The molecule has 0 spiro atoms. The highest BCUT2D eigenvalue weighted by atomic mass is 16.4. The van der Waals surface area contributed by atoms with Crippen molar-refractivity contribution in [3.63, 3.8) is 0 Å². The fraction of sp³-hybridized carbons (Fsp3) is 0.533. The monoisotopic (exact) mass is 294 g/mol. The van der Waals surface area contributed by atoms with Crippen LogP contribution in [-0.2, 0) is 4.79 Å². The molecule has 21 heavy (non-hydrogen) atoms. The number of carboxylic acid groups (broad SMARTS) is 1. The number of hydrogen-bond donors (Lipinski definition) is 3. The van der Waals surface area contributed by atoms with E-state index in [-0.39, 0.29) is 24.4 Å². The summed E-state index contributed by atoms with van der Waals surface area (Å²) in [5, 5.41) is 11.5. The van der Waals surface area contributed by atoms with Crippen molar-refractivity contribution in [3.05, 3.63) is 33.7 Å². The van der Waals surface area contributed by atoms with Crippen molar-refractivity contribution in [1.82, 2.24) is 10.3 Å². The molecule has 0 bridgehead atoms. The Hall–Kier alpha value is -2.11. The van der Waals surface area contributed by atoms with Gasteiger partial charge in [0.2, 0.25) is 0 Å². The van der Waals surface area contributed by atoms with E-state index in [1.165, 1.54) is 6.07 Å². The lowest BCUT2D eigenvalue weighted by molar-refractivity contribution is -0.138. The van der Waals surface area contributed by atoms with Gasteiger partial charge < -0.3 is 15.4 Å². The second-order valence-corrected chi connectivity index (χ2v) is 5.69. The van der Waals surface area contributed by atoms with Crippen molar-refractivity contribution in [1.29, 1.82) is 0 Å². The number of carboxylic acids is 1. The summed E-state index contributed by atoms with van der Waals surface area (Å²) >= 11 is 0. The first kappa shape index (κ1) is 16.9. The number of aromatic amines is 1. The number of hydrogen-bond acceptors (Lipinski definition) is 3. The Morgan fingerprint density at radius 1 is 1.33 bits per heavy atom. The standard InChI is InChI=1S/C15H22N2O4/c1-9(2)6-11(7-13(18)19)8-16-14(20)12-5-4-10(3)17-15(12)21/h4-5,9,11H,6-8H2,1-3H3,(H,16,20)(H,17,21)(H,18,19)/t11-/m0/s1. The largest absolute Gasteiger partial charge is 0.481 e. The Balaban J connectivity index is 2.68. The van der Waals surface area contributed by atoms with Crippen LogP contribution in [0.25, 0.3) is 0 Å². The molecule has 0 fully saturated rings. The maximum absolute atomic E-state index is 12.0. The van der Waals surface area contributed by atoms with Crippen molar-refractivity contribution in [3.8, 4) is 0 Å². The average Bonchev–Trinajstić information content (AvgIpc) is 2.34. The SMILES string of the molecule is Cc1ccc(C(=O)NC[C@H](CC(=O)O)CC(C)C)c(=O)[nH]1. The number of H-pyrrole nitrogens is 1. The third-order valence-electron chi connectivity index (χ3n) is 3.12. The van der Waals surface area contributed by atoms with Crippen LogP contribution in [0.15, 0.2) is 16.9 Å². The molecule has 0 unspecified atom stereocenters. The fourth-order valence-corrected chi connectivity index (χ4v) is 2.24. The molecular formula is C15H22N2O4. The van der Waals surface area contributed by atoms with Crippen LogP contribution in [0.5, 0.6) is 0 Å². The highest BCUT2D eigenvalue weighted by Crippen LogP contribution is 2.14. The molecule has 6 heteroatoms. The number of pyridine rings is 1. The first-order chi connectivity index (χ1) is 9.79. The van der Waals surface area contributed by atoms with E-state index in [2.05, 4.69) is 10.3 Å². The smallest absolute Gasteiger partial charge is 0.303 e. The Morgan fingerprint density at radius 3 is 2.52 bits per heavy atom. The molecule has 0 aromatic carbocycles. The molecule has 1 aromatic rings. The van der Waals surface area contributed by atoms with Gasteiger partial charge in [0.25, 0.3) is 11.5 Å². The van der Waals surface area contributed by atoms with Crippen LogP contribution in [0.1, 0.15) is 42.7 Å². The zero-order chi connectivity index (χ0) is 16.0. The summed E-state index contributed by atoms with van der Waals surface area (Å²) in [5.41, 5.74) is 0.283. The highest BCUT2D eigenvalue weighted by Gasteiger charge is 2.17. The van der Waals surface area contributed by atoms with E-state index in [9.17, 15) is 14.4 Å². The minimum atomic E-state index is -0.886. The number of nitrogens with one attached hydrogen (secondary N) is 2. The number of carbonyl (C=O) groups is 2. The Bertz CT molecular complexity index is 563. The molecule has 1 rings (SSSR count). The van der Waals surface area contributed by atoms with Crippen LogP contribution in [0.3, 0.4) is 0 Å².